The van der Waals surface area contributed by atoms with Crippen molar-refractivity contribution >= 4 is 11.5 Å². The summed E-state index contributed by atoms with van der Waals surface area (Å²) in [5.41, 5.74) is 8.06. The molecule has 0 spiro atoms. The molecule has 1 fully saturated rings. The van der Waals surface area contributed by atoms with Gasteiger partial charge in [0.05, 0.1) is 18.5 Å². The predicted molar refractivity (Wildman–Crippen MR) is 69.1 cm³/mol. The fourth-order valence-electron chi connectivity index (χ4n) is 2.24. The van der Waals surface area contributed by atoms with E-state index in [2.05, 4.69) is 22.1 Å². The fraction of sp³-hybridized carbons (Fsp3) is 0.583. The third-order valence-corrected chi connectivity index (χ3v) is 3.18. The van der Waals surface area contributed by atoms with Crippen molar-refractivity contribution in [3.8, 4) is 0 Å². The Balaban J connectivity index is 2.20. The van der Waals surface area contributed by atoms with Crippen molar-refractivity contribution in [3.63, 3.8) is 0 Å². The first kappa shape index (κ1) is 12.1. The molecule has 1 saturated heterocycles. The number of nitrogens with two attached hydrogens (primary N) is 1. The van der Waals surface area contributed by atoms with Crippen molar-refractivity contribution in [2.24, 2.45) is 0 Å². The summed E-state index contributed by atoms with van der Waals surface area (Å²) < 4.78 is 0. The molecule has 1 aliphatic heterocycles. The number of aryl methyl sites for hydroxylation is 1. The van der Waals surface area contributed by atoms with Gasteiger partial charge in [0.1, 0.15) is 5.82 Å². The van der Waals surface area contributed by atoms with E-state index in [9.17, 15) is 5.11 Å². The van der Waals surface area contributed by atoms with Crippen molar-refractivity contribution in [2.45, 2.75) is 19.4 Å². The molecule has 1 aliphatic rings. The van der Waals surface area contributed by atoms with Crippen LogP contribution in [0.4, 0.5) is 11.5 Å². The molecule has 0 bridgehead atoms. The molecule has 5 nitrogen and oxygen atoms in total. The second-order valence-corrected chi connectivity index (χ2v) is 4.37. The van der Waals surface area contributed by atoms with E-state index >= 15 is 0 Å². The summed E-state index contributed by atoms with van der Waals surface area (Å²) in [6.07, 6.45) is 2.78. The summed E-state index contributed by atoms with van der Waals surface area (Å²) in [5, 5.41) is 12.5. The molecule has 1 atom stereocenters. The number of aliphatic hydroxyl groups is 1. The van der Waals surface area contributed by atoms with Crippen molar-refractivity contribution in [1.82, 2.24) is 10.3 Å². The lowest BCUT2D eigenvalue weighted by molar-refractivity contribution is 0.235. The van der Waals surface area contributed by atoms with Crippen molar-refractivity contribution in [3.05, 3.63) is 17.8 Å². The molecule has 1 aromatic heterocycles. The molecule has 0 aromatic carbocycles. The average molecular weight is 236 g/mol. The van der Waals surface area contributed by atoms with Crippen LogP contribution in [0.3, 0.4) is 0 Å². The number of nitrogens with one attached hydrogen (secondary N) is 1. The van der Waals surface area contributed by atoms with Gasteiger partial charge in [-0.05, 0) is 18.1 Å². The number of piperazine rings is 1. The van der Waals surface area contributed by atoms with Gasteiger partial charge in [-0.25, -0.2) is 4.98 Å². The monoisotopic (exact) mass is 236 g/mol. The lowest BCUT2D eigenvalue weighted by atomic mass is 10.1. The smallest absolute Gasteiger partial charge is 0.123 e. The Hall–Kier alpha value is -1.33. The number of hydrogen-bond donors (Lipinski definition) is 3. The summed E-state index contributed by atoms with van der Waals surface area (Å²) in [7, 11) is 0. The van der Waals surface area contributed by atoms with Crippen LogP contribution in [-0.4, -0.2) is 42.4 Å². The fourth-order valence-corrected chi connectivity index (χ4v) is 2.24. The van der Waals surface area contributed by atoms with Crippen LogP contribution in [0.1, 0.15) is 12.5 Å². The Kier molecular flexibility index (Phi) is 3.81. The zero-order chi connectivity index (χ0) is 12.3. The van der Waals surface area contributed by atoms with Gasteiger partial charge < -0.3 is 21.1 Å². The summed E-state index contributed by atoms with van der Waals surface area (Å²) in [5.74, 6) is 0.569. The number of aliphatic hydroxyl groups excluding tert-OH is 1. The van der Waals surface area contributed by atoms with Gasteiger partial charge in [0.15, 0.2) is 0 Å². The Bertz CT molecular complexity index is 383. The Morgan fingerprint density at radius 1 is 1.65 bits per heavy atom. The molecule has 2 heterocycles. The highest BCUT2D eigenvalue weighted by Crippen LogP contribution is 2.22. The van der Waals surface area contributed by atoms with Gasteiger partial charge in [-0.2, -0.15) is 0 Å². The minimum Gasteiger partial charge on any atom is -0.395 e. The topological polar surface area (TPSA) is 74.4 Å². The molecule has 1 unspecified atom stereocenters. The first-order valence-electron chi connectivity index (χ1n) is 6.08. The standard InChI is InChI=1S/C12H20N4O/c1-2-9-5-12(13)15-6-11(9)16-4-3-14-10(7-16)8-17/h5-6,10,14,17H,2-4,7-8H2,1H3,(H2,13,15). The van der Waals surface area contributed by atoms with Crippen molar-refractivity contribution in [1.29, 1.82) is 0 Å². The molecular formula is C12H20N4O. The predicted octanol–water partition coefficient (Wildman–Crippen LogP) is -0.00330. The number of aromatic nitrogens is 1. The second kappa shape index (κ2) is 5.33. The van der Waals surface area contributed by atoms with E-state index in [0.717, 1.165) is 31.7 Å². The van der Waals surface area contributed by atoms with Crippen LogP contribution in [-0.2, 0) is 6.42 Å². The van der Waals surface area contributed by atoms with Crippen LogP contribution < -0.4 is 16.0 Å². The van der Waals surface area contributed by atoms with E-state index in [1.807, 2.05) is 12.3 Å². The number of pyridine rings is 1. The van der Waals surface area contributed by atoms with Gasteiger partial charge in [-0.1, -0.05) is 6.92 Å². The van der Waals surface area contributed by atoms with Crippen molar-refractivity contribution < 1.29 is 5.11 Å². The summed E-state index contributed by atoms with van der Waals surface area (Å²) in [4.78, 5) is 6.43. The van der Waals surface area contributed by atoms with Crippen LogP contribution in [0.15, 0.2) is 12.3 Å². The van der Waals surface area contributed by atoms with Gasteiger partial charge in [-0.15, -0.1) is 0 Å². The maximum absolute atomic E-state index is 9.20. The van der Waals surface area contributed by atoms with E-state index < -0.39 is 0 Å². The van der Waals surface area contributed by atoms with Gasteiger partial charge in [0, 0.05) is 25.7 Å². The molecule has 17 heavy (non-hydrogen) atoms. The van der Waals surface area contributed by atoms with Crippen molar-refractivity contribution in [2.75, 3.05) is 36.9 Å². The van der Waals surface area contributed by atoms with Crippen LogP contribution in [0.25, 0.3) is 0 Å². The molecule has 5 heteroatoms. The van der Waals surface area contributed by atoms with E-state index in [1.165, 1.54) is 5.56 Å². The highest BCUT2D eigenvalue weighted by atomic mass is 16.3. The Morgan fingerprint density at radius 2 is 2.47 bits per heavy atom. The number of anilines is 2. The molecule has 0 amide bonds. The maximum Gasteiger partial charge on any atom is 0.123 e. The average Bonchev–Trinajstić information content (AvgIpc) is 2.38. The van der Waals surface area contributed by atoms with E-state index in [1.54, 1.807) is 0 Å². The normalized spacial score (nSPS) is 20.6. The van der Waals surface area contributed by atoms with E-state index in [-0.39, 0.29) is 12.6 Å². The van der Waals surface area contributed by atoms with Gasteiger partial charge in [0.25, 0.3) is 0 Å². The molecule has 4 N–H and O–H groups in total. The largest absolute Gasteiger partial charge is 0.395 e. The van der Waals surface area contributed by atoms with Crippen LogP contribution in [0, 0.1) is 0 Å². The third-order valence-electron chi connectivity index (χ3n) is 3.18. The van der Waals surface area contributed by atoms with Crippen LogP contribution >= 0.6 is 0 Å². The third kappa shape index (κ3) is 2.68. The summed E-state index contributed by atoms with van der Waals surface area (Å²) in [6.45, 7) is 4.92. The molecule has 0 saturated carbocycles. The minimum atomic E-state index is 0.144. The lowest BCUT2D eigenvalue weighted by Crippen LogP contribution is -2.52. The zero-order valence-electron chi connectivity index (χ0n) is 10.2. The van der Waals surface area contributed by atoms with E-state index in [0.29, 0.717) is 5.82 Å². The van der Waals surface area contributed by atoms with Crippen LogP contribution in [0.2, 0.25) is 0 Å². The Morgan fingerprint density at radius 3 is 3.18 bits per heavy atom. The number of nitrogen functional groups attached to an aromatic ring is 1. The highest BCUT2D eigenvalue weighted by Gasteiger charge is 2.20. The van der Waals surface area contributed by atoms with Gasteiger partial charge in [-0.3, -0.25) is 0 Å². The van der Waals surface area contributed by atoms with E-state index in [4.69, 9.17) is 5.73 Å². The number of rotatable bonds is 3. The van der Waals surface area contributed by atoms with Gasteiger partial charge in [0.2, 0.25) is 0 Å². The Labute approximate surface area is 102 Å². The first-order chi connectivity index (χ1) is 8.24. The zero-order valence-corrected chi connectivity index (χ0v) is 10.2. The number of nitrogens with zero attached hydrogens (tertiary/aromatic N) is 2. The second-order valence-electron chi connectivity index (χ2n) is 4.37. The molecular weight excluding hydrogens is 216 g/mol. The quantitative estimate of drug-likeness (QED) is 0.688. The highest BCUT2D eigenvalue weighted by molar-refractivity contribution is 5.56. The molecule has 1 aromatic rings. The SMILES string of the molecule is CCc1cc(N)ncc1N1CCNC(CO)C1. The molecule has 0 radical (unpaired) electrons. The molecule has 2 rings (SSSR count). The summed E-state index contributed by atoms with van der Waals surface area (Å²) >= 11 is 0. The maximum atomic E-state index is 9.20. The molecule has 0 aliphatic carbocycles. The summed E-state index contributed by atoms with van der Waals surface area (Å²) in [6, 6.07) is 2.08. The minimum absolute atomic E-state index is 0.144. The lowest BCUT2D eigenvalue weighted by Gasteiger charge is -2.35. The van der Waals surface area contributed by atoms with Crippen LogP contribution in [0.5, 0.6) is 0 Å². The van der Waals surface area contributed by atoms with Gasteiger partial charge >= 0.3 is 0 Å². The first-order valence-corrected chi connectivity index (χ1v) is 6.08. The molecule has 94 valence electrons. The number of hydrogen-bond acceptors (Lipinski definition) is 5.